The zero-order valence-electron chi connectivity index (χ0n) is 19.3. The van der Waals surface area contributed by atoms with Crippen LogP contribution in [-0.2, 0) is 4.79 Å². The van der Waals surface area contributed by atoms with Gasteiger partial charge in [0.2, 0.25) is 11.7 Å². The van der Waals surface area contributed by atoms with Crippen LogP contribution in [0.2, 0.25) is 0 Å². The fourth-order valence-corrected chi connectivity index (χ4v) is 3.68. The third-order valence-electron chi connectivity index (χ3n) is 4.97. The maximum absolute atomic E-state index is 13.0. The molecule has 0 aromatic heterocycles. The first-order valence-electron chi connectivity index (χ1n) is 10.2. The highest BCUT2D eigenvalue weighted by molar-refractivity contribution is 5.83. The topological polar surface area (TPSA) is 89.1 Å². The summed E-state index contributed by atoms with van der Waals surface area (Å²) in [6, 6.07) is 3.54. The van der Waals surface area contributed by atoms with Gasteiger partial charge in [-0.1, -0.05) is 0 Å². The van der Waals surface area contributed by atoms with E-state index < -0.39 is 0 Å². The second-order valence-electron chi connectivity index (χ2n) is 8.92. The molecule has 8 nitrogen and oxygen atoms in total. The SMILES string of the molecule is COc1cc(C2CN(C(=O)NC(C)(C)C)CC2C(=O)NC(C)C)cc(OC)c1OC. The van der Waals surface area contributed by atoms with Gasteiger partial charge in [-0.05, 0) is 52.3 Å². The maximum Gasteiger partial charge on any atom is 0.317 e. The van der Waals surface area contributed by atoms with E-state index >= 15 is 0 Å². The Balaban J connectivity index is 2.43. The fourth-order valence-electron chi connectivity index (χ4n) is 3.68. The monoisotopic (exact) mass is 421 g/mol. The molecule has 1 aliphatic heterocycles. The van der Waals surface area contributed by atoms with Crippen LogP contribution in [0.25, 0.3) is 0 Å². The molecular weight excluding hydrogens is 386 g/mol. The first-order valence-corrected chi connectivity index (χ1v) is 10.2. The molecule has 1 aromatic rings. The number of carbonyl (C=O) groups excluding carboxylic acids is 2. The lowest BCUT2D eigenvalue weighted by Crippen LogP contribution is -2.48. The van der Waals surface area contributed by atoms with Crippen molar-refractivity contribution in [3.05, 3.63) is 17.7 Å². The van der Waals surface area contributed by atoms with Gasteiger partial charge in [0.1, 0.15) is 0 Å². The Morgan fingerprint density at radius 2 is 1.60 bits per heavy atom. The molecule has 0 bridgehead atoms. The summed E-state index contributed by atoms with van der Waals surface area (Å²) in [6.07, 6.45) is 0. The molecule has 2 N–H and O–H groups in total. The van der Waals surface area contributed by atoms with Crippen molar-refractivity contribution >= 4 is 11.9 Å². The van der Waals surface area contributed by atoms with E-state index in [1.807, 2.05) is 46.8 Å². The highest BCUT2D eigenvalue weighted by Crippen LogP contribution is 2.43. The lowest BCUT2D eigenvalue weighted by atomic mass is 9.87. The van der Waals surface area contributed by atoms with Gasteiger partial charge in [-0.25, -0.2) is 4.79 Å². The Morgan fingerprint density at radius 3 is 2.03 bits per heavy atom. The van der Waals surface area contributed by atoms with Gasteiger partial charge in [-0.15, -0.1) is 0 Å². The molecule has 0 spiro atoms. The number of methoxy groups -OCH3 is 3. The van der Waals surface area contributed by atoms with Crippen molar-refractivity contribution in [2.75, 3.05) is 34.4 Å². The van der Waals surface area contributed by atoms with Crippen LogP contribution in [0.15, 0.2) is 12.1 Å². The van der Waals surface area contributed by atoms with Gasteiger partial charge in [0, 0.05) is 30.6 Å². The van der Waals surface area contributed by atoms with Gasteiger partial charge in [-0.2, -0.15) is 0 Å². The number of ether oxygens (including phenoxy) is 3. The van der Waals surface area contributed by atoms with Crippen LogP contribution in [0, 0.1) is 5.92 Å². The molecule has 0 aliphatic carbocycles. The van der Waals surface area contributed by atoms with Crippen LogP contribution in [-0.4, -0.2) is 62.8 Å². The minimum Gasteiger partial charge on any atom is -0.493 e. The Labute approximate surface area is 179 Å². The molecule has 1 heterocycles. The number of likely N-dealkylation sites (tertiary alicyclic amines) is 1. The van der Waals surface area contributed by atoms with Crippen LogP contribution >= 0.6 is 0 Å². The molecule has 30 heavy (non-hydrogen) atoms. The maximum atomic E-state index is 13.0. The molecular formula is C22H35N3O5. The summed E-state index contributed by atoms with van der Waals surface area (Å²) in [5.74, 6) is 0.867. The van der Waals surface area contributed by atoms with Crippen LogP contribution < -0.4 is 24.8 Å². The van der Waals surface area contributed by atoms with E-state index in [1.165, 1.54) is 0 Å². The van der Waals surface area contributed by atoms with Crippen LogP contribution in [0.1, 0.15) is 46.1 Å². The summed E-state index contributed by atoms with van der Waals surface area (Å²) in [6.45, 7) is 10.4. The average molecular weight is 422 g/mol. The normalized spacial score (nSPS) is 18.9. The standard InChI is InChI=1S/C22H35N3O5/c1-13(2)23-20(26)16-12-25(21(27)24-22(3,4)5)11-15(16)14-9-17(28-6)19(30-8)18(10-14)29-7/h9-10,13,15-16H,11-12H2,1-8H3,(H,23,26)(H,24,27). The Hall–Kier alpha value is -2.64. The first kappa shape index (κ1) is 23.6. The minimum atomic E-state index is -0.388. The van der Waals surface area contributed by atoms with Gasteiger partial charge in [-0.3, -0.25) is 4.79 Å². The van der Waals surface area contributed by atoms with Gasteiger partial charge in [0.15, 0.2) is 11.5 Å². The van der Waals surface area contributed by atoms with E-state index in [9.17, 15) is 9.59 Å². The first-order chi connectivity index (χ1) is 14.0. The van der Waals surface area contributed by atoms with Crippen molar-refractivity contribution < 1.29 is 23.8 Å². The fraction of sp³-hybridized carbons (Fsp3) is 0.636. The molecule has 8 heteroatoms. The van der Waals surface area contributed by atoms with Crippen molar-refractivity contribution in [3.8, 4) is 17.2 Å². The van der Waals surface area contributed by atoms with Crippen molar-refractivity contribution in [2.24, 2.45) is 5.92 Å². The Bertz CT molecular complexity index is 748. The smallest absolute Gasteiger partial charge is 0.317 e. The second kappa shape index (κ2) is 9.45. The second-order valence-corrected chi connectivity index (χ2v) is 8.92. The highest BCUT2D eigenvalue weighted by Gasteiger charge is 2.41. The molecule has 2 unspecified atom stereocenters. The predicted molar refractivity (Wildman–Crippen MR) is 115 cm³/mol. The van der Waals surface area contributed by atoms with E-state index in [1.54, 1.807) is 26.2 Å². The summed E-state index contributed by atoms with van der Waals surface area (Å²) in [7, 11) is 4.66. The van der Waals surface area contributed by atoms with Crippen LogP contribution in [0.4, 0.5) is 4.79 Å². The molecule has 3 amide bonds. The van der Waals surface area contributed by atoms with Crippen molar-refractivity contribution in [3.63, 3.8) is 0 Å². The number of benzene rings is 1. The molecule has 1 fully saturated rings. The number of amides is 3. The van der Waals surface area contributed by atoms with E-state index in [2.05, 4.69) is 10.6 Å². The Morgan fingerprint density at radius 1 is 1.03 bits per heavy atom. The van der Waals surface area contributed by atoms with Crippen LogP contribution in [0.3, 0.4) is 0 Å². The van der Waals surface area contributed by atoms with E-state index in [-0.39, 0.29) is 35.4 Å². The number of hydrogen-bond acceptors (Lipinski definition) is 5. The van der Waals surface area contributed by atoms with Gasteiger partial charge in [0.05, 0.1) is 27.2 Å². The number of nitrogens with zero attached hydrogens (tertiary/aromatic N) is 1. The van der Waals surface area contributed by atoms with E-state index in [0.29, 0.717) is 30.3 Å². The molecule has 2 rings (SSSR count). The zero-order valence-corrected chi connectivity index (χ0v) is 19.3. The van der Waals surface area contributed by atoms with Gasteiger partial charge >= 0.3 is 6.03 Å². The third kappa shape index (κ3) is 5.49. The van der Waals surface area contributed by atoms with E-state index in [0.717, 1.165) is 5.56 Å². The predicted octanol–water partition coefficient (Wildman–Crippen LogP) is 2.76. The molecule has 1 aliphatic rings. The number of urea groups is 1. The summed E-state index contributed by atoms with van der Waals surface area (Å²) in [4.78, 5) is 27.5. The molecule has 0 radical (unpaired) electrons. The lowest BCUT2D eigenvalue weighted by molar-refractivity contribution is -0.125. The number of rotatable bonds is 6. The number of nitrogens with one attached hydrogen (secondary N) is 2. The number of hydrogen-bond donors (Lipinski definition) is 2. The summed E-state index contributed by atoms with van der Waals surface area (Å²) in [5.41, 5.74) is 0.497. The zero-order chi connectivity index (χ0) is 22.6. The minimum absolute atomic E-state index is 0.00976. The molecule has 1 saturated heterocycles. The van der Waals surface area contributed by atoms with Crippen molar-refractivity contribution in [1.82, 2.24) is 15.5 Å². The molecule has 2 atom stereocenters. The van der Waals surface area contributed by atoms with Crippen molar-refractivity contribution in [1.29, 1.82) is 0 Å². The quantitative estimate of drug-likeness (QED) is 0.737. The van der Waals surface area contributed by atoms with Crippen LogP contribution in [0.5, 0.6) is 17.2 Å². The molecule has 168 valence electrons. The van der Waals surface area contributed by atoms with Gasteiger partial charge in [0.25, 0.3) is 0 Å². The summed E-state index contributed by atoms with van der Waals surface area (Å²) in [5, 5.41) is 5.97. The van der Waals surface area contributed by atoms with Gasteiger partial charge < -0.3 is 29.7 Å². The summed E-state index contributed by atoms with van der Waals surface area (Å²) >= 11 is 0. The largest absolute Gasteiger partial charge is 0.493 e. The molecule has 0 saturated carbocycles. The number of carbonyl (C=O) groups is 2. The van der Waals surface area contributed by atoms with E-state index in [4.69, 9.17) is 14.2 Å². The average Bonchev–Trinajstić information content (AvgIpc) is 3.10. The highest BCUT2D eigenvalue weighted by atomic mass is 16.5. The summed E-state index contributed by atoms with van der Waals surface area (Å²) < 4.78 is 16.4. The van der Waals surface area contributed by atoms with Crippen molar-refractivity contribution in [2.45, 2.75) is 52.1 Å². The lowest BCUT2D eigenvalue weighted by Gasteiger charge is -2.25. The Kier molecular flexibility index (Phi) is 7.44. The molecule has 1 aromatic carbocycles. The third-order valence-corrected chi connectivity index (χ3v) is 4.97.